The van der Waals surface area contributed by atoms with Gasteiger partial charge in [-0.25, -0.2) is 8.78 Å². The van der Waals surface area contributed by atoms with E-state index in [0.717, 1.165) is 24.6 Å². The summed E-state index contributed by atoms with van der Waals surface area (Å²) >= 11 is 6.10. The zero-order chi connectivity index (χ0) is 16.4. The zero-order valence-electron chi connectivity index (χ0n) is 11.9. The van der Waals surface area contributed by atoms with E-state index in [2.05, 4.69) is 5.32 Å². The van der Waals surface area contributed by atoms with E-state index in [0.29, 0.717) is 24.7 Å². The van der Waals surface area contributed by atoms with Crippen molar-refractivity contribution < 1.29 is 23.0 Å². The summed E-state index contributed by atoms with van der Waals surface area (Å²) in [4.78, 5) is 12.1. The predicted molar refractivity (Wildman–Crippen MR) is 81.4 cm³/mol. The summed E-state index contributed by atoms with van der Waals surface area (Å²) in [6, 6.07) is 5.66. The van der Waals surface area contributed by atoms with Gasteiger partial charge in [0, 0.05) is 18.6 Å². The van der Waals surface area contributed by atoms with Gasteiger partial charge in [0.1, 0.15) is 11.6 Å². The van der Waals surface area contributed by atoms with Crippen molar-refractivity contribution in [1.82, 2.24) is 0 Å². The molecule has 1 heterocycles. The highest BCUT2D eigenvalue weighted by molar-refractivity contribution is 6.34. The first-order valence-corrected chi connectivity index (χ1v) is 7.28. The molecule has 0 saturated heterocycles. The Bertz CT molecular complexity index is 767. The van der Waals surface area contributed by atoms with E-state index in [4.69, 9.17) is 21.1 Å². The maximum atomic E-state index is 13.6. The molecule has 1 amide bonds. The number of hydrogen-bond donors (Lipinski definition) is 1. The molecule has 1 aliphatic heterocycles. The second-order valence-electron chi connectivity index (χ2n) is 4.91. The van der Waals surface area contributed by atoms with E-state index in [1.54, 1.807) is 0 Å². The van der Waals surface area contributed by atoms with Crippen molar-refractivity contribution in [2.45, 2.75) is 6.42 Å². The van der Waals surface area contributed by atoms with Crippen LogP contribution in [-0.4, -0.2) is 19.1 Å². The number of ether oxygens (including phenoxy) is 2. The molecule has 23 heavy (non-hydrogen) atoms. The molecule has 4 nitrogen and oxygen atoms in total. The smallest absolute Gasteiger partial charge is 0.258 e. The Morgan fingerprint density at radius 2 is 1.78 bits per heavy atom. The fraction of sp³-hybridized carbons (Fsp3) is 0.188. The molecule has 1 aliphatic rings. The number of carbonyl (C=O) groups is 1. The van der Waals surface area contributed by atoms with Gasteiger partial charge < -0.3 is 14.8 Å². The zero-order valence-corrected chi connectivity index (χ0v) is 12.6. The van der Waals surface area contributed by atoms with E-state index in [1.807, 2.05) is 0 Å². The lowest BCUT2D eigenvalue weighted by molar-refractivity contribution is 0.102. The van der Waals surface area contributed by atoms with Crippen LogP contribution in [0, 0.1) is 11.6 Å². The third kappa shape index (κ3) is 3.37. The van der Waals surface area contributed by atoms with Gasteiger partial charge in [-0.2, -0.15) is 0 Å². The Hall–Kier alpha value is -2.34. The fourth-order valence-electron chi connectivity index (χ4n) is 2.14. The largest absolute Gasteiger partial charge is 0.490 e. The molecule has 0 fully saturated rings. The van der Waals surface area contributed by atoms with Crippen LogP contribution in [-0.2, 0) is 0 Å². The summed E-state index contributed by atoms with van der Waals surface area (Å²) in [7, 11) is 0. The van der Waals surface area contributed by atoms with Gasteiger partial charge in [0.25, 0.3) is 5.91 Å². The van der Waals surface area contributed by atoms with Crippen LogP contribution in [0.25, 0.3) is 0 Å². The van der Waals surface area contributed by atoms with Crippen molar-refractivity contribution in [3.8, 4) is 11.5 Å². The first-order chi connectivity index (χ1) is 11.0. The number of halogens is 3. The molecule has 0 bridgehead atoms. The summed E-state index contributed by atoms with van der Waals surface area (Å²) in [6.45, 7) is 0.976. The molecule has 2 aromatic rings. The average molecular weight is 340 g/mol. The third-order valence-electron chi connectivity index (χ3n) is 3.26. The second kappa shape index (κ2) is 6.42. The highest BCUT2D eigenvalue weighted by Crippen LogP contribution is 2.37. The number of anilines is 1. The minimum absolute atomic E-state index is 0.208. The van der Waals surface area contributed by atoms with Gasteiger partial charge in [0.2, 0.25) is 0 Å². The first-order valence-electron chi connectivity index (χ1n) is 6.90. The van der Waals surface area contributed by atoms with Crippen molar-refractivity contribution in [2.24, 2.45) is 0 Å². The number of fused-ring (bicyclic) bond motifs is 1. The Morgan fingerprint density at radius 3 is 2.52 bits per heavy atom. The Labute approximate surface area is 136 Å². The summed E-state index contributed by atoms with van der Waals surface area (Å²) in [5, 5.41) is 2.66. The molecule has 7 heteroatoms. The van der Waals surface area contributed by atoms with Crippen LogP contribution in [0.15, 0.2) is 30.3 Å². The van der Waals surface area contributed by atoms with Gasteiger partial charge in [-0.1, -0.05) is 11.6 Å². The van der Waals surface area contributed by atoms with Crippen molar-refractivity contribution in [3.63, 3.8) is 0 Å². The van der Waals surface area contributed by atoms with Crippen molar-refractivity contribution in [2.75, 3.05) is 18.5 Å². The Kier molecular flexibility index (Phi) is 4.34. The molecule has 0 aliphatic carbocycles. The second-order valence-corrected chi connectivity index (χ2v) is 5.31. The van der Waals surface area contributed by atoms with Crippen molar-refractivity contribution in [1.29, 1.82) is 0 Å². The van der Waals surface area contributed by atoms with Gasteiger partial charge in [-0.05, 0) is 18.2 Å². The van der Waals surface area contributed by atoms with Crippen molar-refractivity contribution in [3.05, 3.63) is 52.6 Å². The number of hydrogen-bond acceptors (Lipinski definition) is 3. The van der Waals surface area contributed by atoms with Crippen LogP contribution in [0.2, 0.25) is 5.02 Å². The Balaban J connectivity index is 1.89. The van der Waals surface area contributed by atoms with Crippen molar-refractivity contribution >= 4 is 23.2 Å². The first kappa shape index (κ1) is 15.6. The van der Waals surface area contributed by atoms with Crippen LogP contribution in [0.1, 0.15) is 16.8 Å². The monoisotopic (exact) mass is 339 g/mol. The van der Waals surface area contributed by atoms with E-state index in [1.165, 1.54) is 12.1 Å². The summed E-state index contributed by atoms with van der Waals surface area (Å²) in [5.74, 6) is -1.43. The lowest BCUT2D eigenvalue weighted by atomic mass is 10.2. The van der Waals surface area contributed by atoms with Gasteiger partial charge in [0.15, 0.2) is 11.5 Å². The maximum absolute atomic E-state index is 13.6. The SMILES string of the molecule is O=C(Nc1cc2c(cc1Cl)OCCCO2)c1cc(F)ccc1F. The molecule has 3 rings (SSSR count). The number of carbonyl (C=O) groups excluding carboxylic acids is 1. The van der Waals surface area contributed by atoms with Crippen LogP contribution in [0.4, 0.5) is 14.5 Å². The molecular weight excluding hydrogens is 328 g/mol. The molecular formula is C16H12ClF2NO3. The normalized spacial score (nSPS) is 13.3. The summed E-state index contributed by atoms with van der Waals surface area (Å²) in [5.41, 5.74) is -0.183. The number of rotatable bonds is 2. The predicted octanol–water partition coefficient (Wildman–Crippen LogP) is 4.03. The van der Waals surface area contributed by atoms with Crippen LogP contribution in [0.5, 0.6) is 11.5 Å². The summed E-state index contributed by atoms with van der Waals surface area (Å²) < 4.78 is 37.8. The molecule has 0 unspecified atom stereocenters. The maximum Gasteiger partial charge on any atom is 0.258 e. The Morgan fingerprint density at radius 1 is 1.09 bits per heavy atom. The highest BCUT2D eigenvalue weighted by atomic mass is 35.5. The average Bonchev–Trinajstić information content (AvgIpc) is 2.75. The summed E-state index contributed by atoms with van der Waals surface area (Å²) in [6.07, 6.45) is 0.725. The third-order valence-corrected chi connectivity index (χ3v) is 3.57. The molecule has 0 atom stereocenters. The molecule has 0 saturated carbocycles. The number of benzene rings is 2. The van der Waals surface area contributed by atoms with Gasteiger partial charge in [-0.15, -0.1) is 0 Å². The molecule has 120 valence electrons. The van der Waals surface area contributed by atoms with Crippen LogP contribution >= 0.6 is 11.6 Å². The number of nitrogens with one attached hydrogen (secondary N) is 1. The molecule has 0 aromatic heterocycles. The van der Waals surface area contributed by atoms with E-state index in [-0.39, 0.29) is 10.7 Å². The van der Waals surface area contributed by atoms with E-state index >= 15 is 0 Å². The fourth-order valence-corrected chi connectivity index (χ4v) is 2.34. The quantitative estimate of drug-likeness (QED) is 0.898. The van der Waals surface area contributed by atoms with Gasteiger partial charge in [0.05, 0.1) is 29.5 Å². The molecule has 0 spiro atoms. The standard InChI is InChI=1S/C16H12ClF2NO3/c17-11-7-14-15(23-5-1-4-22-14)8-13(11)20-16(21)10-6-9(18)2-3-12(10)19/h2-3,6-8H,1,4-5H2,(H,20,21). The topological polar surface area (TPSA) is 47.6 Å². The van der Waals surface area contributed by atoms with Crippen LogP contribution < -0.4 is 14.8 Å². The van der Waals surface area contributed by atoms with Crippen LogP contribution in [0.3, 0.4) is 0 Å². The lowest BCUT2D eigenvalue weighted by Gasteiger charge is -2.12. The molecule has 2 aromatic carbocycles. The van der Waals surface area contributed by atoms with Gasteiger partial charge in [-0.3, -0.25) is 4.79 Å². The van der Waals surface area contributed by atoms with E-state index in [9.17, 15) is 13.6 Å². The minimum atomic E-state index is -0.825. The molecule has 1 N–H and O–H groups in total. The highest BCUT2D eigenvalue weighted by Gasteiger charge is 2.18. The van der Waals surface area contributed by atoms with Gasteiger partial charge >= 0.3 is 0 Å². The number of amides is 1. The lowest BCUT2D eigenvalue weighted by Crippen LogP contribution is -2.14. The van der Waals surface area contributed by atoms with E-state index < -0.39 is 23.1 Å². The molecule has 0 radical (unpaired) electrons. The minimum Gasteiger partial charge on any atom is -0.490 e.